The van der Waals surface area contributed by atoms with Crippen molar-refractivity contribution in [3.63, 3.8) is 0 Å². The summed E-state index contributed by atoms with van der Waals surface area (Å²) in [7, 11) is 1.56. The number of likely N-dealkylation sites (tertiary alicyclic amines) is 1. The van der Waals surface area contributed by atoms with E-state index in [4.69, 9.17) is 26.1 Å². The maximum absolute atomic E-state index is 14.4. The highest BCUT2D eigenvalue weighted by atomic mass is 35.5. The van der Waals surface area contributed by atoms with Gasteiger partial charge in [-0.2, -0.15) is 0 Å². The number of nitrogens with zero attached hydrogens (tertiary/aromatic N) is 4. The minimum Gasteiger partial charge on any atom is -0.494 e. The van der Waals surface area contributed by atoms with Crippen LogP contribution in [-0.4, -0.2) is 52.1 Å². The summed E-state index contributed by atoms with van der Waals surface area (Å²) in [5.74, 6) is 0.953. The number of allylic oxidation sites excluding steroid dienone is 1. The van der Waals surface area contributed by atoms with Crippen LogP contribution in [0.3, 0.4) is 0 Å². The summed E-state index contributed by atoms with van der Waals surface area (Å²) in [5.41, 5.74) is 3.72. The van der Waals surface area contributed by atoms with Crippen LogP contribution >= 0.6 is 22.9 Å². The highest BCUT2D eigenvalue weighted by Gasteiger charge is 2.27. The molecule has 0 bridgehead atoms. The van der Waals surface area contributed by atoms with Crippen molar-refractivity contribution >= 4 is 34.9 Å². The number of benzene rings is 1. The molecule has 42 heavy (non-hydrogen) atoms. The molecule has 1 fully saturated rings. The van der Waals surface area contributed by atoms with Crippen molar-refractivity contribution in [2.24, 2.45) is 0 Å². The summed E-state index contributed by atoms with van der Waals surface area (Å²) in [5, 5.41) is 2.73. The minimum atomic E-state index is -0.331. The van der Waals surface area contributed by atoms with Crippen LogP contribution in [0.1, 0.15) is 56.1 Å². The van der Waals surface area contributed by atoms with Crippen LogP contribution < -0.4 is 15.0 Å². The molecule has 3 aromatic heterocycles. The number of aromatic nitrogens is 3. The monoisotopic (exact) mass is 604 g/mol. The number of halogens is 1. The van der Waals surface area contributed by atoms with E-state index in [1.165, 1.54) is 15.9 Å². The fourth-order valence-electron chi connectivity index (χ4n) is 4.98. The Bertz CT molecular complexity index is 1680. The van der Waals surface area contributed by atoms with Crippen molar-refractivity contribution in [2.75, 3.05) is 26.8 Å². The molecule has 0 aliphatic carbocycles. The van der Waals surface area contributed by atoms with Crippen LogP contribution in [0.4, 0.5) is 0 Å². The van der Waals surface area contributed by atoms with Crippen molar-refractivity contribution in [1.29, 1.82) is 0 Å². The van der Waals surface area contributed by atoms with Gasteiger partial charge in [0.25, 0.3) is 11.5 Å². The van der Waals surface area contributed by atoms with Crippen molar-refractivity contribution < 1.29 is 14.3 Å². The zero-order chi connectivity index (χ0) is 29.8. The van der Waals surface area contributed by atoms with E-state index in [-0.39, 0.29) is 11.5 Å². The molecular weight excluding hydrogens is 572 g/mol. The van der Waals surface area contributed by atoms with Gasteiger partial charge >= 0.3 is 0 Å². The highest BCUT2D eigenvalue weighted by Crippen LogP contribution is 2.33. The van der Waals surface area contributed by atoms with E-state index in [0.29, 0.717) is 69.6 Å². The summed E-state index contributed by atoms with van der Waals surface area (Å²) < 4.78 is 12.5. The number of rotatable bonds is 8. The molecule has 0 unspecified atom stereocenters. The van der Waals surface area contributed by atoms with E-state index in [1.807, 2.05) is 43.2 Å². The lowest BCUT2D eigenvalue weighted by atomic mass is 10.0. The Hall–Kier alpha value is -3.95. The molecule has 8 nitrogen and oxygen atoms in total. The number of thiazole rings is 1. The fraction of sp³-hybridized carbons (Fsp3) is 0.312. The third kappa shape index (κ3) is 6.12. The maximum atomic E-state index is 14.4. The summed E-state index contributed by atoms with van der Waals surface area (Å²) in [6, 6.07) is 10.5. The van der Waals surface area contributed by atoms with Crippen LogP contribution in [0.2, 0.25) is 5.02 Å². The first-order valence-electron chi connectivity index (χ1n) is 13.9. The molecule has 1 aliphatic rings. The normalized spacial score (nSPS) is 13.1. The van der Waals surface area contributed by atoms with Gasteiger partial charge in [-0.25, -0.2) is 9.97 Å². The average molecular weight is 605 g/mol. The molecular formula is C32H33ClN4O4S. The van der Waals surface area contributed by atoms with Gasteiger partial charge in [0.1, 0.15) is 10.8 Å². The average Bonchev–Trinajstić information content (AvgIpc) is 3.49. The molecule has 218 valence electrons. The van der Waals surface area contributed by atoms with Gasteiger partial charge in [-0.05, 0) is 70.4 Å². The molecule has 0 radical (unpaired) electrons. The number of carbonyl (C=O) groups excluding carboxylic acids is 1. The third-order valence-electron chi connectivity index (χ3n) is 6.98. The van der Waals surface area contributed by atoms with E-state index in [0.717, 1.165) is 30.4 Å². The second-order valence-electron chi connectivity index (χ2n) is 10.2. The quantitative estimate of drug-likeness (QED) is 0.213. The molecule has 0 spiro atoms. The Balaban J connectivity index is 1.76. The Labute approximate surface area is 254 Å². The predicted molar refractivity (Wildman–Crippen MR) is 168 cm³/mol. The van der Waals surface area contributed by atoms with Crippen LogP contribution in [0, 0.1) is 0 Å². The van der Waals surface area contributed by atoms with Gasteiger partial charge in [0.15, 0.2) is 0 Å². The molecule has 0 N–H and O–H groups in total. The van der Waals surface area contributed by atoms with E-state index in [1.54, 1.807) is 43.6 Å². The molecule has 4 heterocycles. The molecule has 1 aliphatic heterocycles. The standard InChI is InChI=1S/C32H33ClN4O4S/c1-5-41-22-10-11-25(33)28(16-22)37-27(15-20(2)3)23(31(38)36-13-7-6-8-14-36)17-24(32(37)39)30-35-26(19-42-30)21-9-12-29(40-4)34-18-21/h9-12,15-19H,5-8,13-14H2,1-4H3. The lowest BCUT2D eigenvalue weighted by Crippen LogP contribution is -2.37. The van der Waals surface area contributed by atoms with E-state index in [9.17, 15) is 9.59 Å². The largest absolute Gasteiger partial charge is 0.494 e. The Morgan fingerprint density at radius 2 is 1.90 bits per heavy atom. The van der Waals surface area contributed by atoms with Gasteiger partial charge in [-0.3, -0.25) is 14.2 Å². The van der Waals surface area contributed by atoms with Gasteiger partial charge in [-0.15, -0.1) is 11.3 Å². The van der Waals surface area contributed by atoms with Crippen molar-refractivity contribution in [1.82, 2.24) is 19.4 Å². The number of carbonyl (C=O) groups is 1. The smallest absolute Gasteiger partial charge is 0.265 e. The molecule has 5 rings (SSSR count). The molecule has 10 heteroatoms. The zero-order valence-corrected chi connectivity index (χ0v) is 25.7. The molecule has 4 aromatic rings. The van der Waals surface area contributed by atoms with Crippen LogP contribution in [0.15, 0.2) is 58.3 Å². The first kappa shape index (κ1) is 29.5. The van der Waals surface area contributed by atoms with Crippen molar-refractivity contribution in [2.45, 2.75) is 40.0 Å². The van der Waals surface area contributed by atoms with Crippen LogP contribution in [-0.2, 0) is 0 Å². The molecule has 0 saturated carbocycles. The third-order valence-corrected chi connectivity index (χ3v) is 8.18. The van der Waals surface area contributed by atoms with Gasteiger partial charge < -0.3 is 14.4 Å². The number of methoxy groups -OCH3 is 1. The number of amides is 1. The molecule has 0 atom stereocenters. The van der Waals surface area contributed by atoms with Gasteiger partial charge in [-0.1, -0.05) is 17.2 Å². The Morgan fingerprint density at radius 1 is 1.12 bits per heavy atom. The topological polar surface area (TPSA) is 86.6 Å². The Kier molecular flexibility index (Phi) is 9.09. The highest BCUT2D eigenvalue weighted by molar-refractivity contribution is 7.13. The predicted octanol–water partition coefficient (Wildman–Crippen LogP) is 7.13. The van der Waals surface area contributed by atoms with E-state index < -0.39 is 0 Å². The summed E-state index contributed by atoms with van der Waals surface area (Å²) in [6.45, 7) is 7.57. The van der Waals surface area contributed by atoms with Crippen LogP contribution in [0.5, 0.6) is 11.6 Å². The molecule has 1 saturated heterocycles. The Morgan fingerprint density at radius 3 is 2.57 bits per heavy atom. The molecule has 1 aromatic carbocycles. The lowest BCUT2D eigenvalue weighted by molar-refractivity contribution is 0.0723. The van der Waals surface area contributed by atoms with Gasteiger partial charge in [0, 0.05) is 42.4 Å². The van der Waals surface area contributed by atoms with E-state index >= 15 is 0 Å². The van der Waals surface area contributed by atoms with Gasteiger partial charge in [0.2, 0.25) is 5.88 Å². The number of hydrogen-bond acceptors (Lipinski definition) is 7. The second-order valence-corrected chi connectivity index (χ2v) is 11.5. The second kappa shape index (κ2) is 12.9. The maximum Gasteiger partial charge on any atom is 0.265 e. The number of piperidine rings is 1. The fourth-order valence-corrected chi connectivity index (χ4v) is 6.02. The van der Waals surface area contributed by atoms with E-state index in [2.05, 4.69) is 4.98 Å². The number of hydrogen-bond donors (Lipinski definition) is 0. The molecule has 1 amide bonds. The number of pyridine rings is 2. The first-order valence-corrected chi connectivity index (χ1v) is 15.2. The summed E-state index contributed by atoms with van der Waals surface area (Å²) in [6.07, 6.45) is 6.53. The van der Waals surface area contributed by atoms with Crippen molar-refractivity contribution in [3.05, 3.63) is 80.2 Å². The zero-order valence-electron chi connectivity index (χ0n) is 24.1. The number of ether oxygens (including phenoxy) is 2. The SMILES string of the molecule is CCOc1ccc(Cl)c(-n2c(C=C(C)C)c(C(=O)N3CCCCC3)cc(-c3nc(-c4ccc(OC)nc4)cs3)c2=O)c1. The summed E-state index contributed by atoms with van der Waals surface area (Å²) in [4.78, 5) is 39.5. The van der Waals surface area contributed by atoms with Crippen molar-refractivity contribution in [3.8, 4) is 39.1 Å². The lowest BCUT2D eigenvalue weighted by Gasteiger charge is -2.28. The van der Waals surface area contributed by atoms with Gasteiger partial charge in [0.05, 0.1) is 46.9 Å². The van der Waals surface area contributed by atoms with Crippen LogP contribution in [0.25, 0.3) is 33.6 Å². The minimum absolute atomic E-state index is 0.120. The first-order chi connectivity index (χ1) is 20.3. The summed E-state index contributed by atoms with van der Waals surface area (Å²) >= 11 is 8.07.